The predicted octanol–water partition coefficient (Wildman–Crippen LogP) is 5.91. The summed E-state index contributed by atoms with van der Waals surface area (Å²) in [6, 6.07) is 19.0. The number of hydrogen-bond acceptors (Lipinski definition) is 5. The molecule has 2 heterocycles. The number of fused-ring (bicyclic) bond motifs is 1. The van der Waals surface area contributed by atoms with Crippen LogP contribution in [0.4, 0.5) is 5.69 Å². The molecular formula is C26H20ClN5O2. The van der Waals surface area contributed by atoms with Crippen LogP contribution in [-0.4, -0.2) is 33.0 Å². The van der Waals surface area contributed by atoms with Crippen LogP contribution in [0.25, 0.3) is 33.5 Å². The average Bonchev–Trinajstić information content (AvgIpc) is 3.29. The van der Waals surface area contributed by atoms with Gasteiger partial charge in [0.15, 0.2) is 0 Å². The Bertz CT molecular complexity index is 1480. The van der Waals surface area contributed by atoms with Gasteiger partial charge in [0, 0.05) is 34.8 Å². The van der Waals surface area contributed by atoms with E-state index >= 15 is 0 Å². The second-order valence-corrected chi connectivity index (χ2v) is 8.15. The first-order chi connectivity index (χ1) is 16.5. The van der Waals surface area contributed by atoms with Crippen LogP contribution in [0.2, 0.25) is 5.02 Å². The van der Waals surface area contributed by atoms with Crippen molar-refractivity contribution in [1.29, 1.82) is 0 Å². The van der Waals surface area contributed by atoms with E-state index < -0.39 is 0 Å². The van der Waals surface area contributed by atoms with E-state index in [4.69, 9.17) is 16.3 Å². The van der Waals surface area contributed by atoms with Crippen molar-refractivity contribution in [2.24, 2.45) is 0 Å². The van der Waals surface area contributed by atoms with Crippen LogP contribution < -0.4 is 10.1 Å². The van der Waals surface area contributed by atoms with Crippen LogP contribution in [-0.2, 0) is 0 Å². The number of aromatic amines is 1. The van der Waals surface area contributed by atoms with E-state index in [9.17, 15) is 4.79 Å². The van der Waals surface area contributed by atoms with Crippen molar-refractivity contribution in [2.45, 2.75) is 6.92 Å². The lowest BCUT2D eigenvalue weighted by Gasteiger charge is -2.11. The summed E-state index contributed by atoms with van der Waals surface area (Å²) in [5.41, 5.74) is 6.25. The summed E-state index contributed by atoms with van der Waals surface area (Å²) in [4.78, 5) is 29.2. The topological polar surface area (TPSA) is 92.8 Å². The number of anilines is 1. The van der Waals surface area contributed by atoms with E-state index in [2.05, 4.69) is 25.3 Å². The molecule has 2 N–H and O–H groups in total. The predicted molar refractivity (Wildman–Crippen MR) is 133 cm³/mol. The summed E-state index contributed by atoms with van der Waals surface area (Å²) in [6.07, 6.45) is 3.38. The summed E-state index contributed by atoms with van der Waals surface area (Å²) >= 11 is 6.44. The van der Waals surface area contributed by atoms with E-state index in [0.717, 1.165) is 27.7 Å². The van der Waals surface area contributed by atoms with Crippen molar-refractivity contribution in [3.8, 4) is 28.5 Å². The standard InChI is InChI=1S/C26H20ClN5O2/c1-15-11-16(17-13-28-26(34-2)29-14-17)7-9-19(15)25(33)30-18-8-10-21(27)20(12-18)24-31-22-5-3-4-6-23(22)32-24/h3-14H,1-2H3,(H,30,33)(H,31,32). The Morgan fingerprint density at radius 3 is 2.53 bits per heavy atom. The van der Waals surface area contributed by atoms with Gasteiger partial charge in [-0.2, -0.15) is 0 Å². The number of imidazole rings is 1. The summed E-state index contributed by atoms with van der Waals surface area (Å²) in [6.45, 7) is 1.89. The van der Waals surface area contributed by atoms with Crippen LogP contribution in [0, 0.1) is 6.92 Å². The molecule has 34 heavy (non-hydrogen) atoms. The molecule has 0 aliphatic carbocycles. The number of rotatable bonds is 5. The number of aromatic nitrogens is 4. The number of carbonyl (C=O) groups is 1. The lowest BCUT2D eigenvalue weighted by Crippen LogP contribution is -2.13. The third-order valence-corrected chi connectivity index (χ3v) is 5.81. The zero-order valence-electron chi connectivity index (χ0n) is 18.5. The lowest BCUT2D eigenvalue weighted by molar-refractivity contribution is 0.102. The number of H-pyrrole nitrogens is 1. The molecule has 5 rings (SSSR count). The SMILES string of the molecule is COc1ncc(-c2ccc(C(=O)Nc3ccc(Cl)c(-c4nc5ccccc5[nH]4)c3)c(C)c2)cn1. The highest BCUT2D eigenvalue weighted by molar-refractivity contribution is 6.33. The fraction of sp³-hybridized carbons (Fsp3) is 0.0769. The smallest absolute Gasteiger partial charge is 0.316 e. The maximum atomic E-state index is 13.0. The molecule has 0 saturated heterocycles. The first-order valence-corrected chi connectivity index (χ1v) is 10.9. The molecule has 0 unspecified atom stereocenters. The number of hydrogen-bond donors (Lipinski definition) is 2. The van der Waals surface area contributed by atoms with E-state index in [-0.39, 0.29) is 5.91 Å². The third kappa shape index (κ3) is 4.21. The Balaban J connectivity index is 1.39. The van der Waals surface area contributed by atoms with E-state index in [1.807, 2.05) is 49.4 Å². The number of benzene rings is 3. The number of nitrogens with zero attached hydrogens (tertiary/aromatic N) is 3. The Morgan fingerprint density at radius 2 is 1.79 bits per heavy atom. The number of amides is 1. The van der Waals surface area contributed by atoms with Crippen molar-refractivity contribution in [1.82, 2.24) is 19.9 Å². The van der Waals surface area contributed by atoms with Crippen molar-refractivity contribution in [3.63, 3.8) is 0 Å². The van der Waals surface area contributed by atoms with E-state index in [1.165, 1.54) is 7.11 Å². The molecule has 5 aromatic rings. The van der Waals surface area contributed by atoms with Crippen molar-refractivity contribution >= 4 is 34.2 Å². The summed E-state index contributed by atoms with van der Waals surface area (Å²) < 4.78 is 5.01. The van der Waals surface area contributed by atoms with Crippen LogP contribution in [0.1, 0.15) is 15.9 Å². The molecule has 0 atom stereocenters. The Kier molecular flexibility index (Phi) is 5.69. The van der Waals surface area contributed by atoms with Gasteiger partial charge in [-0.25, -0.2) is 15.0 Å². The molecule has 168 valence electrons. The number of nitrogens with one attached hydrogen (secondary N) is 2. The molecule has 3 aromatic carbocycles. The van der Waals surface area contributed by atoms with Gasteiger partial charge in [-0.1, -0.05) is 35.9 Å². The Hall–Kier alpha value is -4.23. The largest absolute Gasteiger partial charge is 0.467 e. The zero-order valence-corrected chi connectivity index (χ0v) is 19.2. The number of carbonyl (C=O) groups excluding carboxylic acids is 1. The number of ether oxygens (including phenoxy) is 1. The molecule has 7 nitrogen and oxygen atoms in total. The normalized spacial score (nSPS) is 10.9. The minimum absolute atomic E-state index is 0.215. The monoisotopic (exact) mass is 469 g/mol. The molecule has 0 aliphatic rings. The highest BCUT2D eigenvalue weighted by atomic mass is 35.5. The highest BCUT2D eigenvalue weighted by Gasteiger charge is 2.14. The summed E-state index contributed by atoms with van der Waals surface area (Å²) in [7, 11) is 1.52. The van der Waals surface area contributed by atoms with Crippen molar-refractivity contribution in [3.05, 3.63) is 89.2 Å². The van der Waals surface area contributed by atoms with Gasteiger partial charge >= 0.3 is 6.01 Å². The number of methoxy groups -OCH3 is 1. The van der Waals surface area contributed by atoms with E-state index in [0.29, 0.717) is 33.7 Å². The number of para-hydroxylation sites is 2. The fourth-order valence-electron chi connectivity index (χ4n) is 3.73. The molecule has 0 aliphatic heterocycles. The van der Waals surface area contributed by atoms with E-state index in [1.54, 1.807) is 30.6 Å². The van der Waals surface area contributed by atoms with Gasteiger partial charge in [0.1, 0.15) is 5.82 Å². The van der Waals surface area contributed by atoms with Gasteiger partial charge in [0.2, 0.25) is 0 Å². The molecule has 0 fully saturated rings. The third-order valence-electron chi connectivity index (χ3n) is 5.48. The molecule has 0 bridgehead atoms. The molecule has 8 heteroatoms. The Morgan fingerprint density at radius 1 is 1.00 bits per heavy atom. The molecule has 2 aromatic heterocycles. The molecular weight excluding hydrogens is 450 g/mol. The minimum atomic E-state index is -0.215. The highest BCUT2D eigenvalue weighted by Crippen LogP contribution is 2.31. The van der Waals surface area contributed by atoms with Crippen LogP contribution in [0.3, 0.4) is 0 Å². The van der Waals surface area contributed by atoms with Gasteiger partial charge < -0.3 is 15.0 Å². The van der Waals surface area contributed by atoms with Crippen molar-refractivity contribution < 1.29 is 9.53 Å². The summed E-state index contributed by atoms with van der Waals surface area (Å²) in [5, 5.41) is 3.51. The second-order valence-electron chi connectivity index (χ2n) is 7.74. The maximum Gasteiger partial charge on any atom is 0.316 e. The summed E-state index contributed by atoms with van der Waals surface area (Å²) in [5.74, 6) is 0.428. The average molecular weight is 470 g/mol. The molecule has 0 saturated carbocycles. The van der Waals surface area contributed by atoms with Gasteiger partial charge in [-0.05, 0) is 54.4 Å². The molecule has 0 spiro atoms. The van der Waals surface area contributed by atoms with Crippen molar-refractivity contribution in [2.75, 3.05) is 12.4 Å². The Labute approximate surface area is 200 Å². The zero-order chi connectivity index (χ0) is 23.7. The molecule has 1 amide bonds. The van der Waals surface area contributed by atoms with Crippen LogP contribution in [0.15, 0.2) is 73.1 Å². The lowest BCUT2D eigenvalue weighted by atomic mass is 10.0. The van der Waals surface area contributed by atoms with Gasteiger partial charge in [0.05, 0.1) is 23.2 Å². The first kappa shape index (κ1) is 21.6. The maximum absolute atomic E-state index is 13.0. The fourth-order valence-corrected chi connectivity index (χ4v) is 3.94. The second kappa shape index (κ2) is 8.96. The van der Waals surface area contributed by atoms with Crippen LogP contribution >= 0.6 is 11.6 Å². The van der Waals surface area contributed by atoms with Crippen LogP contribution in [0.5, 0.6) is 6.01 Å². The van der Waals surface area contributed by atoms with Gasteiger partial charge in [-0.15, -0.1) is 0 Å². The van der Waals surface area contributed by atoms with Gasteiger partial charge in [-0.3, -0.25) is 4.79 Å². The minimum Gasteiger partial charge on any atom is -0.467 e. The van der Waals surface area contributed by atoms with Gasteiger partial charge in [0.25, 0.3) is 5.91 Å². The molecule has 0 radical (unpaired) electrons. The number of aryl methyl sites for hydroxylation is 1. The number of halogens is 1. The quantitative estimate of drug-likeness (QED) is 0.334. The first-order valence-electron chi connectivity index (χ1n) is 10.5.